The van der Waals surface area contributed by atoms with Crippen LogP contribution in [0.1, 0.15) is 25.7 Å². The first-order valence-corrected chi connectivity index (χ1v) is 6.34. The first-order valence-electron chi connectivity index (χ1n) is 6.34. The molecule has 4 nitrogen and oxygen atoms in total. The number of nitrogens with two attached hydrogens (primary N) is 1. The van der Waals surface area contributed by atoms with Crippen LogP contribution in [0, 0.1) is 17.8 Å². The highest BCUT2D eigenvalue weighted by Gasteiger charge is 2.39. The minimum atomic E-state index is -0.00350. The van der Waals surface area contributed by atoms with Crippen LogP contribution in [0.15, 0.2) is 0 Å². The molecule has 0 aliphatic heterocycles. The first kappa shape index (κ1) is 11.9. The molecule has 1 amide bonds. The van der Waals surface area contributed by atoms with E-state index in [1.165, 1.54) is 25.7 Å². The predicted molar refractivity (Wildman–Crippen MR) is 61.8 cm³/mol. The third-order valence-electron chi connectivity index (χ3n) is 3.94. The van der Waals surface area contributed by atoms with Crippen molar-refractivity contribution in [1.82, 2.24) is 5.32 Å². The molecule has 0 radical (unpaired) electrons. The number of ether oxygens (including phenoxy) is 1. The normalized spacial score (nSPS) is 31.9. The van der Waals surface area contributed by atoms with Crippen LogP contribution in [0.25, 0.3) is 0 Å². The molecule has 3 atom stereocenters. The van der Waals surface area contributed by atoms with Gasteiger partial charge in [-0.25, -0.2) is 0 Å². The van der Waals surface area contributed by atoms with Gasteiger partial charge < -0.3 is 15.8 Å². The zero-order valence-electron chi connectivity index (χ0n) is 9.78. The lowest BCUT2D eigenvalue weighted by Gasteiger charge is -2.21. The van der Waals surface area contributed by atoms with Gasteiger partial charge in [0.05, 0.1) is 6.61 Å². The Bertz CT molecular complexity index is 245. The highest BCUT2D eigenvalue weighted by molar-refractivity contribution is 5.77. The Balaban J connectivity index is 1.59. The molecule has 0 aromatic heterocycles. The molecule has 92 valence electrons. The Labute approximate surface area is 96.9 Å². The van der Waals surface area contributed by atoms with Crippen LogP contribution >= 0.6 is 0 Å². The van der Waals surface area contributed by atoms with E-state index in [9.17, 15) is 4.79 Å². The van der Waals surface area contributed by atoms with Crippen LogP contribution in [0.3, 0.4) is 0 Å². The highest BCUT2D eigenvalue weighted by Crippen LogP contribution is 2.47. The van der Waals surface area contributed by atoms with Gasteiger partial charge in [0, 0.05) is 13.1 Å². The van der Waals surface area contributed by atoms with Gasteiger partial charge in [0.15, 0.2) is 0 Å². The second-order valence-corrected chi connectivity index (χ2v) is 5.08. The number of nitrogens with one attached hydrogen (secondary N) is 1. The van der Waals surface area contributed by atoms with Crippen molar-refractivity contribution in [3.63, 3.8) is 0 Å². The molecule has 0 saturated heterocycles. The minimum absolute atomic E-state index is 0.00350. The van der Waals surface area contributed by atoms with Crippen LogP contribution in [0.2, 0.25) is 0 Å². The van der Waals surface area contributed by atoms with Crippen molar-refractivity contribution < 1.29 is 9.53 Å². The van der Waals surface area contributed by atoms with Crippen molar-refractivity contribution in [3.8, 4) is 0 Å². The highest BCUT2D eigenvalue weighted by atomic mass is 16.5. The molecule has 2 aliphatic rings. The van der Waals surface area contributed by atoms with E-state index in [0.29, 0.717) is 13.2 Å². The zero-order valence-corrected chi connectivity index (χ0v) is 9.78. The summed E-state index contributed by atoms with van der Waals surface area (Å²) in [7, 11) is 0. The Kier molecular flexibility index (Phi) is 4.18. The third-order valence-corrected chi connectivity index (χ3v) is 3.94. The molecule has 3 unspecified atom stereocenters. The van der Waals surface area contributed by atoms with E-state index in [4.69, 9.17) is 10.5 Å². The molecule has 2 fully saturated rings. The van der Waals surface area contributed by atoms with E-state index in [1.54, 1.807) is 0 Å². The Morgan fingerprint density at radius 1 is 1.38 bits per heavy atom. The molecule has 3 N–H and O–H groups in total. The van der Waals surface area contributed by atoms with Gasteiger partial charge in [-0.1, -0.05) is 6.42 Å². The predicted octanol–water partition coefficient (Wildman–Crippen LogP) is 0.514. The van der Waals surface area contributed by atoms with Crippen LogP contribution in [0.5, 0.6) is 0 Å². The van der Waals surface area contributed by atoms with Crippen molar-refractivity contribution in [2.75, 3.05) is 26.3 Å². The van der Waals surface area contributed by atoms with Crippen LogP contribution in [0.4, 0.5) is 0 Å². The number of carbonyl (C=O) groups excluding carboxylic acids is 1. The quantitative estimate of drug-likeness (QED) is 0.649. The summed E-state index contributed by atoms with van der Waals surface area (Å²) in [5.74, 6) is 2.53. The number of fused-ring (bicyclic) bond motifs is 2. The smallest absolute Gasteiger partial charge is 0.246 e. The maximum Gasteiger partial charge on any atom is 0.246 e. The first-order chi connectivity index (χ1) is 7.79. The average Bonchev–Trinajstić information content (AvgIpc) is 2.88. The number of carbonyl (C=O) groups is 1. The summed E-state index contributed by atoms with van der Waals surface area (Å²) in [6, 6.07) is 0. The van der Waals surface area contributed by atoms with E-state index in [-0.39, 0.29) is 12.5 Å². The average molecular weight is 226 g/mol. The van der Waals surface area contributed by atoms with E-state index in [0.717, 1.165) is 24.3 Å². The van der Waals surface area contributed by atoms with Crippen molar-refractivity contribution in [1.29, 1.82) is 0 Å². The second-order valence-electron chi connectivity index (χ2n) is 5.08. The Morgan fingerprint density at radius 3 is 2.88 bits per heavy atom. The topological polar surface area (TPSA) is 64.3 Å². The summed E-state index contributed by atoms with van der Waals surface area (Å²) in [5, 5.41) is 2.96. The number of rotatable bonds is 6. The largest absolute Gasteiger partial charge is 0.370 e. The fourth-order valence-electron chi connectivity index (χ4n) is 3.17. The number of hydrogen-bond acceptors (Lipinski definition) is 3. The van der Waals surface area contributed by atoms with Gasteiger partial charge in [-0.05, 0) is 37.0 Å². The molecule has 0 aromatic carbocycles. The second kappa shape index (κ2) is 5.64. The summed E-state index contributed by atoms with van der Waals surface area (Å²) in [4.78, 5) is 11.4. The molecule has 2 aliphatic carbocycles. The zero-order chi connectivity index (χ0) is 11.4. The van der Waals surface area contributed by atoms with Gasteiger partial charge in [0.25, 0.3) is 0 Å². The standard InChI is InChI=1S/C12H22N2O2/c13-3-4-16-8-12(15)14-7-11-6-9-1-2-10(11)5-9/h9-11H,1-8,13H2,(H,14,15). The van der Waals surface area contributed by atoms with Crippen molar-refractivity contribution >= 4 is 5.91 Å². The lowest BCUT2D eigenvalue weighted by atomic mass is 9.89. The van der Waals surface area contributed by atoms with E-state index >= 15 is 0 Å². The van der Waals surface area contributed by atoms with E-state index in [2.05, 4.69) is 5.32 Å². The van der Waals surface area contributed by atoms with E-state index < -0.39 is 0 Å². The monoisotopic (exact) mass is 226 g/mol. The number of amides is 1. The van der Waals surface area contributed by atoms with Gasteiger partial charge in [-0.3, -0.25) is 4.79 Å². The van der Waals surface area contributed by atoms with Gasteiger partial charge >= 0.3 is 0 Å². The molecular formula is C12H22N2O2. The molecule has 0 spiro atoms. The van der Waals surface area contributed by atoms with Gasteiger partial charge in [-0.2, -0.15) is 0 Å². The lowest BCUT2D eigenvalue weighted by molar-refractivity contribution is -0.125. The molecule has 2 saturated carbocycles. The number of hydrogen-bond donors (Lipinski definition) is 2. The SMILES string of the molecule is NCCOCC(=O)NCC1CC2CCC1C2. The fourth-order valence-corrected chi connectivity index (χ4v) is 3.17. The lowest BCUT2D eigenvalue weighted by Crippen LogP contribution is -2.34. The Hall–Kier alpha value is -0.610. The van der Waals surface area contributed by atoms with Crippen molar-refractivity contribution in [2.24, 2.45) is 23.5 Å². The van der Waals surface area contributed by atoms with Gasteiger partial charge in [0.2, 0.25) is 5.91 Å². The van der Waals surface area contributed by atoms with Gasteiger partial charge in [-0.15, -0.1) is 0 Å². The molecule has 0 aromatic rings. The summed E-state index contributed by atoms with van der Waals surface area (Å²) in [5.41, 5.74) is 5.27. The van der Waals surface area contributed by atoms with E-state index in [1.807, 2.05) is 0 Å². The van der Waals surface area contributed by atoms with Crippen LogP contribution in [-0.4, -0.2) is 32.2 Å². The van der Waals surface area contributed by atoms with Crippen molar-refractivity contribution in [2.45, 2.75) is 25.7 Å². The fraction of sp³-hybridized carbons (Fsp3) is 0.917. The van der Waals surface area contributed by atoms with Crippen LogP contribution < -0.4 is 11.1 Å². The van der Waals surface area contributed by atoms with Gasteiger partial charge in [0.1, 0.15) is 6.61 Å². The maximum atomic E-state index is 11.4. The Morgan fingerprint density at radius 2 is 2.25 bits per heavy atom. The maximum absolute atomic E-state index is 11.4. The molecular weight excluding hydrogens is 204 g/mol. The molecule has 0 heterocycles. The summed E-state index contributed by atoms with van der Waals surface area (Å²) in [6.45, 7) is 1.92. The summed E-state index contributed by atoms with van der Waals surface area (Å²) < 4.78 is 5.08. The van der Waals surface area contributed by atoms with Crippen molar-refractivity contribution in [3.05, 3.63) is 0 Å². The summed E-state index contributed by atoms with van der Waals surface area (Å²) >= 11 is 0. The van der Waals surface area contributed by atoms with Crippen LogP contribution in [-0.2, 0) is 9.53 Å². The third kappa shape index (κ3) is 2.95. The minimum Gasteiger partial charge on any atom is -0.370 e. The molecule has 16 heavy (non-hydrogen) atoms. The molecule has 2 bridgehead atoms. The summed E-state index contributed by atoms with van der Waals surface area (Å²) in [6.07, 6.45) is 5.49. The molecule has 2 rings (SSSR count). The molecule has 4 heteroatoms.